The SMILES string of the molecule is O=C(NCc1ccccn1)c1ccc(C2SCC(=O)N2CCc2ccccc2)cc1. The van der Waals surface area contributed by atoms with E-state index in [2.05, 4.69) is 22.4 Å². The summed E-state index contributed by atoms with van der Waals surface area (Å²) in [4.78, 5) is 31.0. The zero-order valence-electron chi connectivity index (χ0n) is 16.5. The molecule has 2 heterocycles. The van der Waals surface area contributed by atoms with Crippen molar-refractivity contribution in [2.24, 2.45) is 0 Å². The summed E-state index contributed by atoms with van der Waals surface area (Å²) < 4.78 is 0. The summed E-state index contributed by atoms with van der Waals surface area (Å²) in [6.07, 6.45) is 2.54. The molecule has 0 radical (unpaired) electrons. The van der Waals surface area contributed by atoms with Crippen LogP contribution in [0.2, 0.25) is 0 Å². The van der Waals surface area contributed by atoms with Gasteiger partial charge in [0.05, 0.1) is 18.0 Å². The lowest BCUT2D eigenvalue weighted by Gasteiger charge is -2.24. The molecule has 1 aliphatic rings. The lowest BCUT2D eigenvalue weighted by atomic mass is 10.1. The number of rotatable bonds is 7. The Kier molecular flexibility index (Phi) is 6.44. The molecule has 1 saturated heterocycles. The molecule has 1 aliphatic heterocycles. The van der Waals surface area contributed by atoms with E-state index in [4.69, 9.17) is 0 Å². The number of nitrogens with one attached hydrogen (secondary N) is 1. The van der Waals surface area contributed by atoms with Gasteiger partial charge in [0.15, 0.2) is 0 Å². The molecule has 0 saturated carbocycles. The summed E-state index contributed by atoms with van der Waals surface area (Å²) in [5.74, 6) is 0.521. The highest BCUT2D eigenvalue weighted by atomic mass is 32.2. The Morgan fingerprint density at radius 3 is 2.53 bits per heavy atom. The first kappa shape index (κ1) is 20.2. The van der Waals surface area contributed by atoms with E-state index in [1.54, 1.807) is 18.0 Å². The van der Waals surface area contributed by atoms with E-state index in [0.717, 1.165) is 17.7 Å². The normalized spacial score (nSPS) is 15.9. The Morgan fingerprint density at radius 1 is 1.03 bits per heavy atom. The molecule has 1 atom stereocenters. The van der Waals surface area contributed by atoms with Crippen LogP contribution in [0.25, 0.3) is 0 Å². The number of aromatic nitrogens is 1. The van der Waals surface area contributed by atoms with Gasteiger partial charge in [-0.1, -0.05) is 48.5 Å². The number of hydrogen-bond acceptors (Lipinski definition) is 4. The van der Waals surface area contributed by atoms with Crippen LogP contribution in [0.3, 0.4) is 0 Å². The van der Waals surface area contributed by atoms with Gasteiger partial charge in [0, 0.05) is 18.3 Å². The van der Waals surface area contributed by atoms with Gasteiger partial charge < -0.3 is 10.2 Å². The molecule has 4 rings (SSSR count). The van der Waals surface area contributed by atoms with Crippen molar-refractivity contribution in [3.8, 4) is 0 Å². The summed E-state index contributed by atoms with van der Waals surface area (Å²) in [6, 6.07) is 23.4. The van der Waals surface area contributed by atoms with Crippen molar-refractivity contribution in [3.63, 3.8) is 0 Å². The third kappa shape index (κ3) is 4.89. The summed E-state index contributed by atoms with van der Waals surface area (Å²) >= 11 is 1.64. The van der Waals surface area contributed by atoms with E-state index < -0.39 is 0 Å². The molecule has 3 aromatic rings. The van der Waals surface area contributed by atoms with Gasteiger partial charge in [0.2, 0.25) is 5.91 Å². The first-order chi connectivity index (χ1) is 14.7. The minimum atomic E-state index is -0.136. The molecule has 1 unspecified atom stereocenters. The van der Waals surface area contributed by atoms with Gasteiger partial charge in [0.1, 0.15) is 5.37 Å². The largest absolute Gasteiger partial charge is 0.346 e. The molecular formula is C24H23N3O2S. The number of carbonyl (C=O) groups is 2. The van der Waals surface area contributed by atoms with E-state index in [1.165, 1.54) is 5.56 Å². The first-order valence-corrected chi connectivity index (χ1v) is 11.0. The monoisotopic (exact) mass is 417 g/mol. The standard InChI is InChI=1S/C24H23N3O2S/c28-22-17-30-24(27(22)15-13-18-6-2-1-3-7-18)20-11-9-19(10-12-20)23(29)26-16-21-8-4-5-14-25-21/h1-12,14,24H,13,15-17H2,(H,26,29). The van der Waals surface area contributed by atoms with Gasteiger partial charge in [-0.3, -0.25) is 14.6 Å². The predicted octanol–water partition coefficient (Wildman–Crippen LogP) is 3.83. The van der Waals surface area contributed by atoms with Crippen LogP contribution in [-0.2, 0) is 17.8 Å². The Hall–Kier alpha value is -3.12. The van der Waals surface area contributed by atoms with Crippen LogP contribution in [0.5, 0.6) is 0 Å². The summed E-state index contributed by atoms with van der Waals surface area (Å²) in [5.41, 5.74) is 3.68. The quantitative estimate of drug-likeness (QED) is 0.635. The summed E-state index contributed by atoms with van der Waals surface area (Å²) in [5, 5.41) is 2.88. The Bertz CT molecular complexity index is 994. The van der Waals surface area contributed by atoms with Crippen molar-refractivity contribution in [2.45, 2.75) is 18.3 Å². The fourth-order valence-corrected chi connectivity index (χ4v) is 4.66. The highest BCUT2D eigenvalue weighted by Gasteiger charge is 2.32. The number of hydrogen-bond donors (Lipinski definition) is 1. The van der Waals surface area contributed by atoms with Crippen molar-refractivity contribution < 1.29 is 9.59 Å². The van der Waals surface area contributed by atoms with Gasteiger partial charge in [-0.05, 0) is 41.8 Å². The zero-order valence-corrected chi connectivity index (χ0v) is 17.3. The number of nitrogens with zero attached hydrogens (tertiary/aromatic N) is 2. The van der Waals surface area contributed by atoms with Crippen molar-refractivity contribution in [1.29, 1.82) is 0 Å². The van der Waals surface area contributed by atoms with Crippen LogP contribution in [0.4, 0.5) is 0 Å². The molecule has 30 heavy (non-hydrogen) atoms. The van der Waals surface area contributed by atoms with E-state index in [0.29, 0.717) is 24.4 Å². The number of pyridine rings is 1. The van der Waals surface area contributed by atoms with Crippen molar-refractivity contribution >= 4 is 23.6 Å². The van der Waals surface area contributed by atoms with E-state index in [1.807, 2.05) is 65.6 Å². The molecule has 2 aromatic carbocycles. The molecule has 1 aromatic heterocycles. The van der Waals surface area contributed by atoms with Gasteiger partial charge in [-0.2, -0.15) is 0 Å². The van der Waals surface area contributed by atoms with Gasteiger partial charge in [-0.15, -0.1) is 11.8 Å². The molecule has 0 spiro atoms. The molecule has 0 aliphatic carbocycles. The van der Waals surface area contributed by atoms with Gasteiger partial charge >= 0.3 is 0 Å². The van der Waals surface area contributed by atoms with Crippen molar-refractivity contribution in [1.82, 2.24) is 15.2 Å². The first-order valence-electron chi connectivity index (χ1n) is 9.94. The minimum absolute atomic E-state index is 0.00755. The second-order valence-electron chi connectivity index (χ2n) is 7.11. The Morgan fingerprint density at radius 2 is 1.80 bits per heavy atom. The molecule has 5 nitrogen and oxygen atoms in total. The molecule has 6 heteroatoms. The molecule has 152 valence electrons. The second kappa shape index (κ2) is 9.59. The molecule has 1 fully saturated rings. The maximum Gasteiger partial charge on any atom is 0.251 e. The van der Waals surface area contributed by atoms with Gasteiger partial charge in [0.25, 0.3) is 5.91 Å². The lowest BCUT2D eigenvalue weighted by Crippen LogP contribution is -2.30. The third-order valence-corrected chi connectivity index (χ3v) is 6.32. The predicted molar refractivity (Wildman–Crippen MR) is 119 cm³/mol. The average Bonchev–Trinajstić information content (AvgIpc) is 3.18. The molecular weight excluding hydrogens is 394 g/mol. The highest BCUT2D eigenvalue weighted by Crippen LogP contribution is 2.38. The fraction of sp³-hybridized carbons (Fsp3) is 0.208. The topological polar surface area (TPSA) is 62.3 Å². The van der Waals surface area contributed by atoms with E-state index >= 15 is 0 Å². The second-order valence-corrected chi connectivity index (χ2v) is 8.18. The van der Waals surface area contributed by atoms with Crippen LogP contribution in [0.15, 0.2) is 79.0 Å². The zero-order chi connectivity index (χ0) is 20.8. The number of amides is 2. The van der Waals surface area contributed by atoms with Crippen molar-refractivity contribution in [2.75, 3.05) is 12.3 Å². The Balaban J connectivity index is 1.38. The van der Waals surface area contributed by atoms with Crippen LogP contribution in [0.1, 0.15) is 32.6 Å². The fourth-order valence-electron chi connectivity index (χ4n) is 3.44. The van der Waals surface area contributed by atoms with Crippen LogP contribution < -0.4 is 5.32 Å². The van der Waals surface area contributed by atoms with Gasteiger partial charge in [-0.25, -0.2) is 0 Å². The molecule has 2 amide bonds. The summed E-state index contributed by atoms with van der Waals surface area (Å²) in [6.45, 7) is 1.08. The van der Waals surface area contributed by atoms with Crippen molar-refractivity contribution in [3.05, 3.63) is 101 Å². The third-order valence-electron chi connectivity index (χ3n) is 5.07. The highest BCUT2D eigenvalue weighted by molar-refractivity contribution is 8.00. The molecule has 1 N–H and O–H groups in total. The van der Waals surface area contributed by atoms with E-state index in [9.17, 15) is 9.59 Å². The smallest absolute Gasteiger partial charge is 0.251 e. The number of thioether (sulfide) groups is 1. The lowest BCUT2D eigenvalue weighted by molar-refractivity contribution is -0.128. The van der Waals surface area contributed by atoms with Crippen LogP contribution >= 0.6 is 11.8 Å². The van der Waals surface area contributed by atoms with Crippen LogP contribution in [-0.4, -0.2) is 34.0 Å². The maximum absolute atomic E-state index is 12.4. The number of benzene rings is 2. The minimum Gasteiger partial charge on any atom is -0.346 e. The summed E-state index contributed by atoms with van der Waals surface area (Å²) in [7, 11) is 0. The van der Waals surface area contributed by atoms with Crippen LogP contribution in [0, 0.1) is 0 Å². The maximum atomic E-state index is 12.4. The average molecular weight is 418 g/mol. The number of carbonyl (C=O) groups excluding carboxylic acids is 2. The van der Waals surface area contributed by atoms with E-state index in [-0.39, 0.29) is 17.2 Å². The Labute approximate surface area is 180 Å². The molecule has 0 bridgehead atoms.